The van der Waals surface area contributed by atoms with E-state index in [1.54, 1.807) is 19.9 Å². The van der Waals surface area contributed by atoms with Crippen molar-refractivity contribution in [3.05, 3.63) is 94.6 Å². The second-order valence-corrected chi connectivity index (χ2v) is 8.20. The van der Waals surface area contributed by atoms with E-state index >= 15 is 0 Å². The number of carbonyl (C=O) groups excluding carboxylic acids is 1. The van der Waals surface area contributed by atoms with Crippen molar-refractivity contribution in [1.29, 1.82) is 0 Å². The molecule has 0 saturated heterocycles. The molecule has 0 aliphatic carbocycles. The Morgan fingerprint density at radius 1 is 1.00 bits per heavy atom. The SMILES string of the molecule is CCc1ccc(-c2ccc(-c3onc(C)c3NC(=O)O[C@H](C)c3ccccc3Cl)cc2)cc1. The topological polar surface area (TPSA) is 64.4 Å². The summed E-state index contributed by atoms with van der Waals surface area (Å²) in [5.74, 6) is 0.475. The minimum absolute atomic E-state index is 0.475. The summed E-state index contributed by atoms with van der Waals surface area (Å²) in [4.78, 5) is 12.6. The van der Waals surface area contributed by atoms with Gasteiger partial charge in [-0.05, 0) is 43.0 Å². The lowest BCUT2D eigenvalue weighted by Crippen LogP contribution is -2.17. The van der Waals surface area contributed by atoms with Crippen molar-refractivity contribution < 1.29 is 14.1 Å². The number of ether oxygens (including phenoxy) is 1. The molecule has 6 heteroatoms. The molecule has 4 aromatic rings. The van der Waals surface area contributed by atoms with Crippen molar-refractivity contribution in [2.24, 2.45) is 0 Å². The first-order valence-corrected chi connectivity index (χ1v) is 11.2. The fraction of sp³-hybridized carbons (Fsp3) is 0.185. The normalized spacial score (nSPS) is 11.8. The minimum atomic E-state index is -0.609. The molecule has 1 amide bonds. The van der Waals surface area contributed by atoms with Gasteiger partial charge in [0.1, 0.15) is 17.5 Å². The molecule has 0 aliphatic rings. The molecule has 3 aromatic carbocycles. The fourth-order valence-electron chi connectivity index (χ4n) is 3.62. The van der Waals surface area contributed by atoms with E-state index in [0.717, 1.165) is 28.7 Å². The van der Waals surface area contributed by atoms with Gasteiger partial charge in [0.25, 0.3) is 0 Å². The number of aryl methyl sites for hydroxylation is 2. The van der Waals surface area contributed by atoms with Crippen LogP contribution >= 0.6 is 11.6 Å². The molecule has 1 heterocycles. The van der Waals surface area contributed by atoms with Gasteiger partial charge in [-0.25, -0.2) is 4.79 Å². The maximum atomic E-state index is 12.6. The second-order valence-electron chi connectivity index (χ2n) is 7.79. The van der Waals surface area contributed by atoms with Gasteiger partial charge in [-0.3, -0.25) is 5.32 Å². The average molecular weight is 461 g/mol. The molecule has 0 unspecified atom stereocenters. The Morgan fingerprint density at radius 3 is 2.24 bits per heavy atom. The van der Waals surface area contributed by atoms with Gasteiger partial charge < -0.3 is 9.26 Å². The van der Waals surface area contributed by atoms with Crippen LogP contribution in [-0.4, -0.2) is 11.2 Å². The van der Waals surface area contributed by atoms with Crippen LogP contribution in [0.3, 0.4) is 0 Å². The van der Waals surface area contributed by atoms with E-state index in [1.165, 1.54) is 5.56 Å². The van der Waals surface area contributed by atoms with Crippen LogP contribution in [0.15, 0.2) is 77.3 Å². The highest BCUT2D eigenvalue weighted by atomic mass is 35.5. The summed E-state index contributed by atoms with van der Waals surface area (Å²) in [5, 5.41) is 7.35. The van der Waals surface area contributed by atoms with Crippen LogP contribution < -0.4 is 5.32 Å². The molecule has 0 radical (unpaired) electrons. The van der Waals surface area contributed by atoms with E-state index in [2.05, 4.69) is 41.7 Å². The van der Waals surface area contributed by atoms with E-state index < -0.39 is 12.2 Å². The Balaban J connectivity index is 1.50. The van der Waals surface area contributed by atoms with Crippen LogP contribution in [-0.2, 0) is 11.2 Å². The van der Waals surface area contributed by atoms with E-state index in [9.17, 15) is 4.79 Å². The maximum absolute atomic E-state index is 12.6. The largest absolute Gasteiger partial charge is 0.441 e. The summed E-state index contributed by atoms with van der Waals surface area (Å²) < 4.78 is 11.1. The highest BCUT2D eigenvalue weighted by Crippen LogP contribution is 2.33. The molecule has 0 fully saturated rings. The molecular formula is C27H25ClN2O3. The molecule has 0 bridgehead atoms. The number of nitrogens with zero attached hydrogens (tertiary/aromatic N) is 1. The molecule has 5 nitrogen and oxygen atoms in total. The molecule has 168 valence electrons. The van der Waals surface area contributed by atoms with Crippen molar-refractivity contribution in [2.45, 2.75) is 33.3 Å². The first-order valence-electron chi connectivity index (χ1n) is 10.8. The summed E-state index contributed by atoms with van der Waals surface area (Å²) >= 11 is 6.21. The van der Waals surface area contributed by atoms with Crippen molar-refractivity contribution in [3.63, 3.8) is 0 Å². The van der Waals surface area contributed by atoms with Crippen LogP contribution in [0.2, 0.25) is 5.02 Å². The Hall–Kier alpha value is -3.57. The average Bonchev–Trinajstić information content (AvgIpc) is 3.19. The number of carbonyl (C=O) groups is 1. The van der Waals surface area contributed by atoms with Crippen molar-refractivity contribution in [2.75, 3.05) is 5.32 Å². The predicted octanol–water partition coefficient (Wildman–Crippen LogP) is 7.84. The number of amides is 1. The summed E-state index contributed by atoms with van der Waals surface area (Å²) in [6, 6.07) is 23.7. The molecular weight excluding hydrogens is 436 g/mol. The van der Waals surface area contributed by atoms with Gasteiger partial charge in [-0.15, -0.1) is 0 Å². The maximum Gasteiger partial charge on any atom is 0.412 e. The van der Waals surface area contributed by atoms with Gasteiger partial charge in [-0.1, -0.05) is 90.4 Å². The lowest BCUT2D eigenvalue weighted by atomic mass is 10.0. The van der Waals surface area contributed by atoms with E-state index in [-0.39, 0.29) is 0 Å². The number of hydrogen-bond donors (Lipinski definition) is 1. The van der Waals surface area contributed by atoms with Crippen LogP contribution in [0, 0.1) is 6.92 Å². The number of rotatable bonds is 6. The fourth-order valence-corrected chi connectivity index (χ4v) is 3.91. The third-order valence-electron chi connectivity index (χ3n) is 5.56. The van der Waals surface area contributed by atoms with Crippen molar-refractivity contribution >= 4 is 23.4 Å². The van der Waals surface area contributed by atoms with Gasteiger partial charge in [0, 0.05) is 16.1 Å². The molecule has 0 aliphatic heterocycles. The Labute approximate surface area is 198 Å². The molecule has 1 N–H and O–H groups in total. The highest BCUT2D eigenvalue weighted by Gasteiger charge is 2.20. The summed E-state index contributed by atoms with van der Waals surface area (Å²) in [6.07, 6.45) is -0.109. The summed E-state index contributed by atoms with van der Waals surface area (Å²) in [7, 11) is 0. The monoisotopic (exact) mass is 460 g/mol. The first-order chi connectivity index (χ1) is 16.0. The minimum Gasteiger partial charge on any atom is -0.441 e. The van der Waals surface area contributed by atoms with Gasteiger partial charge >= 0.3 is 6.09 Å². The Morgan fingerprint density at radius 2 is 1.61 bits per heavy atom. The number of anilines is 1. The Bertz CT molecular complexity index is 1250. The third kappa shape index (κ3) is 5.10. The van der Waals surface area contributed by atoms with Gasteiger partial charge in [0.05, 0.1) is 0 Å². The second kappa shape index (κ2) is 9.92. The van der Waals surface area contributed by atoms with Crippen LogP contribution in [0.4, 0.5) is 10.5 Å². The zero-order chi connectivity index (χ0) is 23.4. The van der Waals surface area contributed by atoms with Crippen LogP contribution in [0.5, 0.6) is 0 Å². The zero-order valence-electron chi connectivity index (χ0n) is 18.8. The molecule has 33 heavy (non-hydrogen) atoms. The zero-order valence-corrected chi connectivity index (χ0v) is 19.5. The van der Waals surface area contributed by atoms with E-state index in [1.807, 2.05) is 42.5 Å². The van der Waals surface area contributed by atoms with E-state index in [0.29, 0.717) is 22.2 Å². The van der Waals surface area contributed by atoms with E-state index in [4.69, 9.17) is 20.9 Å². The summed E-state index contributed by atoms with van der Waals surface area (Å²) in [6.45, 7) is 5.68. The predicted molar refractivity (Wildman–Crippen MR) is 131 cm³/mol. The highest BCUT2D eigenvalue weighted by molar-refractivity contribution is 6.31. The van der Waals surface area contributed by atoms with Gasteiger partial charge in [0.15, 0.2) is 5.76 Å². The molecule has 1 atom stereocenters. The quantitative estimate of drug-likeness (QED) is 0.318. The lowest BCUT2D eigenvalue weighted by molar-refractivity contribution is 0.121. The molecule has 1 aromatic heterocycles. The van der Waals surface area contributed by atoms with Crippen molar-refractivity contribution in [3.8, 4) is 22.5 Å². The smallest absolute Gasteiger partial charge is 0.412 e. The molecule has 0 spiro atoms. The number of halogens is 1. The summed E-state index contributed by atoms with van der Waals surface area (Å²) in [5.41, 5.74) is 6.12. The van der Waals surface area contributed by atoms with Crippen LogP contribution in [0.1, 0.15) is 36.8 Å². The number of nitrogens with one attached hydrogen (secondary N) is 1. The molecule has 4 rings (SSSR count). The third-order valence-corrected chi connectivity index (χ3v) is 5.90. The van der Waals surface area contributed by atoms with Crippen LogP contribution in [0.25, 0.3) is 22.5 Å². The van der Waals surface area contributed by atoms with Gasteiger partial charge in [0.2, 0.25) is 0 Å². The Kier molecular flexibility index (Phi) is 6.80. The number of benzene rings is 3. The standard InChI is InChI=1S/C27H25ClN2O3/c1-4-19-9-11-20(12-10-19)21-13-15-22(16-14-21)26-25(17(2)30-33-26)29-27(31)32-18(3)23-7-5-6-8-24(23)28/h5-16,18H,4H2,1-3H3,(H,29,31)/t18-/m1/s1. The number of hydrogen-bond acceptors (Lipinski definition) is 4. The van der Waals surface area contributed by atoms with Crippen molar-refractivity contribution in [1.82, 2.24) is 5.16 Å². The molecule has 0 saturated carbocycles. The van der Waals surface area contributed by atoms with Gasteiger partial charge in [-0.2, -0.15) is 0 Å². The lowest BCUT2D eigenvalue weighted by Gasteiger charge is -2.15. The number of aromatic nitrogens is 1. The first kappa shape index (κ1) is 22.6.